The summed E-state index contributed by atoms with van der Waals surface area (Å²) in [5.41, 5.74) is -0.457. The summed E-state index contributed by atoms with van der Waals surface area (Å²) in [6.45, 7) is 5.82. The Kier molecular flexibility index (Phi) is 5.57. The summed E-state index contributed by atoms with van der Waals surface area (Å²) in [7, 11) is 1.41. The Morgan fingerprint density at radius 3 is 2.76 bits per heavy atom. The number of methoxy groups -OCH3 is 1. The Hall–Kier alpha value is -2.69. The third-order valence-electron chi connectivity index (χ3n) is 3.08. The summed E-state index contributed by atoms with van der Waals surface area (Å²) in [6.07, 6.45) is 0. The van der Waals surface area contributed by atoms with Gasteiger partial charge in [0.25, 0.3) is 5.69 Å². The smallest absolute Gasteiger partial charge is 0.296 e. The molecule has 0 aliphatic heterocycles. The SMILES string of the molecule is COc1ccc(NC(=O)CSc2nnnn2C(C)(C)C)c([N+](=O)[O-])c1. The summed E-state index contributed by atoms with van der Waals surface area (Å²) < 4.78 is 6.57. The molecule has 0 bridgehead atoms. The lowest BCUT2D eigenvalue weighted by Crippen LogP contribution is -2.24. The van der Waals surface area contributed by atoms with E-state index in [0.717, 1.165) is 11.8 Å². The number of nitrogens with zero attached hydrogens (tertiary/aromatic N) is 5. The van der Waals surface area contributed by atoms with Gasteiger partial charge in [-0.2, -0.15) is 0 Å². The largest absolute Gasteiger partial charge is 0.496 e. The van der Waals surface area contributed by atoms with E-state index < -0.39 is 10.8 Å². The number of amides is 1. The molecule has 0 radical (unpaired) electrons. The van der Waals surface area contributed by atoms with Crippen molar-refractivity contribution in [3.8, 4) is 5.75 Å². The molecule has 0 aliphatic carbocycles. The molecular formula is C14H18N6O4S. The molecule has 0 fully saturated rings. The van der Waals surface area contributed by atoms with Crippen LogP contribution in [-0.4, -0.2) is 43.9 Å². The maximum Gasteiger partial charge on any atom is 0.296 e. The minimum Gasteiger partial charge on any atom is -0.496 e. The summed E-state index contributed by atoms with van der Waals surface area (Å²) in [4.78, 5) is 22.7. The van der Waals surface area contributed by atoms with Crippen LogP contribution < -0.4 is 10.1 Å². The highest BCUT2D eigenvalue weighted by atomic mass is 32.2. The molecule has 25 heavy (non-hydrogen) atoms. The number of aromatic nitrogens is 4. The highest BCUT2D eigenvalue weighted by Crippen LogP contribution is 2.29. The number of carbonyl (C=O) groups excluding carboxylic acids is 1. The van der Waals surface area contributed by atoms with Crippen molar-refractivity contribution in [1.29, 1.82) is 0 Å². The van der Waals surface area contributed by atoms with Crippen molar-refractivity contribution in [1.82, 2.24) is 20.2 Å². The molecule has 2 rings (SSSR count). The summed E-state index contributed by atoms with van der Waals surface area (Å²) in [6, 6.07) is 4.22. The van der Waals surface area contributed by atoms with Crippen LogP contribution in [0, 0.1) is 10.1 Å². The van der Waals surface area contributed by atoms with Crippen LogP contribution in [0.2, 0.25) is 0 Å². The molecule has 2 aromatic rings. The van der Waals surface area contributed by atoms with E-state index in [1.54, 1.807) is 4.68 Å². The van der Waals surface area contributed by atoms with E-state index in [2.05, 4.69) is 20.8 Å². The fourth-order valence-corrected chi connectivity index (χ4v) is 2.76. The molecule has 11 heteroatoms. The molecule has 0 spiro atoms. The molecule has 10 nitrogen and oxygen atoms in total. The van der Waals surface area contributed by atoms with Crippen molar-refractivity contribution >= 4 is 29.0 Å². The summed E-state index contributed by atoms with van der Waals surface area (Å²) in [5.74, 6) is -0.0511. The lowest BCUT2D eigenvalue weighted by molar-refractivity contribution is -0.384. The first-order valence-corrected chi connectivity index (χ1v) is 8.25. The van der Waals surface area contributed by atoms with Gasteiger partial charge in [0.1, 0.15) is 11.4 Å². The number of tetrazole rings is 1. The second-order valence-electron chi connectivity index (χ2n) is 6.02. The van der Waals surface area contributed by atoms with Gasteiger partial charge in [-0.3, -0.25) is 14.9 Å². The average Bonchev–Trinajstić information content (AvgIpc) is 3.02. The molecule has 1 heterocycles. The molecule has 1 aromatic carbocycles. The van der Waals surface area contributed by atoms with Gasteiger partial charge in [0.05, 0.1) is 29.4 Å². The van der Waals surface area contributed by atoms with Crippen LogP contribution in [0.4, 0.5) is 11.4 Å². The molecule has 0 saturated heterocycles. The number of hydrogen-bond donors (Lipinski definition) is 1. The minimum absolute atomic E-state index is 0.0135. The van der Waals surface area contributed by atoms with Crippen molar-refractivity contribution in [3.05, 3.63) is 28.3 Å². The van der Waals surface area contributed by atoms with Crippen LogP contribution in [0.1, 0.15) is 20.8 Å². The lowest BCUT2D eigenvalue weighted by atomic mass is 10.1. The number of nitro groups is 1. The molecule has 0 unspecified atom stereocenters. The number of thioether (sulfide) groups is 1. The van der Waals surface area contributed by atoms with Crippen LogP contribution in [0.25, 0.3) is 0 Å². The van der Waals surface area contributed by atoms with Gasteiger partial charge in [0, 0.05) is 0 Å². The predicted octanol–water partition coefficient (Wildman–Crippen LogP) is 2.08. The highest BCUT2D eigenvalue weighted by Gasteiger charge is 2.21. The number of benzene rings is 1. The van der Waals surface area contributed by atoms with E-state index >= 15 is 0 Å². The topological polar surface area (TPSA) is 125 Å². The average molecular weight is 366 g/mol. The maximum atomic E-state index is 12.1. The van der Waals surface area contributed by atoms with Crippen LogP contribution >= 0.6 is 11.8 Å². The van der Waals surface area contributed by atoms with Crippen molar-refractivity contribution in [2.45, 2.75) is 31.5 Å². The van der Waals surface area contributed by atoms with E-state index in [1.165, 1.54) is 25.3 Å². The normalized spacial score (nSPS) is 11.2. The van der Waals surface area contributed by atoms with Gasteiger partial charge in [-0.25, -0.2) is 4.68 Å². The molecule has 0 aliphatic rings. The van der Waals surface area contributed by atoms with E-state index in [4.69, 9.17) is 4.74 Å². The number of nitro benzene ring substituents is 1. The van der Waals surface area contributed by atoms with E-state index in [0.29, 0.717) is 10.9 Å². The zero-order valence-corrected chi connectivity index (χ0v) is 15.0. The number of anilines is 1. The van der Waals surface area contributed by atoms with Crippen LogP contribution in [0.5, 0.6) is 5.75 Å². The number of rotatable bonds is 6. The Labute approximate surface area is 148 Å². The van der Waals surface area contributed by atoms with Crippen molar-refractivity contribution in [3.63, 3.8) is 0 Å². The molecule has 1 amide bonds. The molecule has 1 N–H and O–H groups in total. The van der Waals surface area contributed by atoms with E-state index in [-0.39, 0.29) is 22.7 Å². The molecule has 0 atom stereocenters. The van der Waals surface area contributed by atoms with Gasteiger partial charge >= 0.3 is 0 Å². The Balaban J connectivity index is 2.07. The van der Waals surface area contributed by atoms with E-state index in [9.17, 15) is 14.9 Å². The van der Waals surface area contributed by atoms with Gasteiger partial charge in [-0.05, 0) is 43.3 Å². The van der Waals surface area contributed by atoms with Crippen LogP contribution in [-0.2, 0) is 10.3 Å². The first kappa shape index (κ1) is 18.6. The maximum absolute atomic E-state index is 12.1. The zero-order chi connectivity index (χ0) is 18.6. The first-order valence-electron chi connectivity index (χ1n) is 7.26. The van der Waals surface area contributed by atoms with Gasteiger partial charge in [-0.15, -0.1) is 5.10 Å². The van der Waals surface area contributed by atoms with Gasteiger partial charge < -0.3 is 10.1 Å². The fraction of sp³-hybridized carbons (Fsp3) is 0.429. The number of hydrogen-bond acceptors (Lipinski definition) is 8. The minimum atomic E-state index is -0.578. The highest BCUT2D eigenvalue weighted by molar-refractivity contribution is 7.99. The molecule has 0 saturated carbocycles. The lowest BCUT2D eigenvalue weighted by Gasteiger charge is -2.19. The monoisotopic (exact) mass is 366 g/mol. The van der Waals surface area contributed by atoms with E-state index in [1.807, 2.05) is 20.8 Å². The van der Waals surface area contributed by atoms with Crippen LogP contribution in [0.3, 0.4) is 0 Å². The number of ether oxygens (including phenoxy) is 1. The van der Waals surface area contributed by atoms with Crippen molar-refractivity contribution in [2.75, 3.05) is 18.2 Å². The van der Waals surface area contributed by atoms with Gasteiger partial charge in [0.15, 0.2) is 0 Å². The Bertz CT molecular complexity index is 786. The standard InChI is InChI=1S/C14H18N6O4S/c1-14(2,3)19-13(16-17-18-19)25-8-12(21)15-10-6-5-9(24-4)7-11(10)20(22)23/h5-7H,8H2,1-4H3,(H,15,21). The molecular weight excluding hydrogens is 348 g/mol. The molecule has 1 aromatic heterocycles. The predicted molar refractivity (Wildman–Crippen MR) is 91.8 cm³/mol. The Morgan fingerprint density at radius 1 is 1.44 bits per heavy atom. The fourth-order valence-electron chi connectivity index (χ4n) is 1.90. The van der Waals surface area contributed by atoms with Crippen LogP contribution in [0.15, 0.2) is 23.4 Å². The number of nitrogens with one attached hydrogen (secondary N) is 1. The van der Waals surface area contributed by atoms with Crippen molar-refractivity contribution < 1.29 is 14.5 Å². The van der Waals surface area contributed by atoms with Gasteiger partial charge in [0.2, 0.25) is 11.1 Å². The molecule has 134 valence electrons. The quantitative estimate of drug-likeness (QED) is 0.468. The van der Waals surface area contributed by atoms with Crippen molar-refractivity contribution in [2.24, 2.45) is 0 Å². The number of carbonyl (C=O) groups is 1. The first-order chi connectivity index (χ1) is 11.7. The third-order valence-corrected chi connectivity index (χ3v) is 4.00. The third kappa shape index (κ3) is 4.66. The summed E-state index contributed by atoms with van der Waals surface area (Å²) in [5, 5.41) is 25.6. The second-order valence-corrected chi connectivity index (χ2v) is 6.96. The van der Waals surface area contributed by atoms with Gasteiger partial charge in [-0.1, -0.05) is 11.8 Å². The Morgan fingerprint density at radius 2 is 2.16 bits per heavy atom. The summed E-state index contributed by atoms with van der Waals surface area (Å²) >= 11 is 1.15. The second kappa shape index (κ2) is 7.47. The zero-order valence-electron chi connectivity index (χ0n) is 14.2.